The second-order valence-electron chi connectivity index (χ2n) is 4.70. The zero-order chi connectivity index (χ0) is 13.0. The predicted molar refractivity (Wildman–Crippen MR) is 72.8 cm³/mol. The smallest absolute Gasteiger partial charge is 0.328 e. The minimum Gasteiger partial charge on any atom is -0.467 e. The highest BCUT2D eigenvalue weighted by Gasteiger charge is 2.31. The van der Waals surface area contributed by atoms with Crippen molar-refractivity contribution in [3.8, 4) is 0 Å². The van der Waals surface area contributed by atoms with Crippen LogP contribution in [0.25, 0.3) is 0 Å². The minimum atomic E-state index is -0.268. The summed E-state index contributed by atoms with van der Waals surface area (Å²) in [6, 6.07) is 7.16. The molecule has 0 amide bonds. The topological polar surface area (TPSA) is 38.3 Å². The number of carbonyl (C=O) groups excluding carboxylic acids is 1. The Morgan fingerprint density at radius 2 is 2.17 bits per heavy atom. The molecule has 2 rings (SSSR count). The maximum absolute atomic E-state index is 11.9. The van der Waals surface area contributed by atoms with E-state index in [2.05, 4.69) is 5.32 Å². The molecular weight excluding hydrogens is 250 g/mol. The number of ether oxygens (including phenoxy) is 1. The van der Waals surface area contributed by atoms with Gasteiger partial charge < -0.3 is 10.1 Å². The number of esters is 1. The normalized spacial score (nSPS) is 17.4. The van der Waals surface area contributed by atoms with Crippen LogP contribution in [0.15, 0.2) is 24.3 Å². The Labute approximate surface area is 112 Å². The average Bonchev–Trinajstić information content (AvgIpc) is 2.89. The Bertz CT molecular complexity index is 416. The van der Waals surface area contributed by atoms with Crippen LogP contribution < -0.4 is 5.32 Å². The summed E-state index contributed by atoms with van der Waals surface area (Å²) in [7, 11) is 1.43. The molecule has 1 fully saturated rings. The molecule has 1 aliphatic carbocycles. The summed E-state index contributed by atoms with van der Waals surface area (Å²) in [5.41, 5.74) is 0.866. The van der Waals surface area contributed by atoms with Crippen LogP contribution in [0.4, 0.5) is 5.69 Å². The van der Waals surface area contributed by atoms with Gasteiger partial charge in [-0.3, -0.25) is 0 Å². The summed E-state index contributed by atoms with van der Waals surface area (Å²) in [6.45, 7) is 0. The molecule has 1 N–H and O–H groups in total. The lowest BCUT2D eigenvalue weighted by Gasteiger charge is -2.23. The van der Waals surface area contributed by atoms with Crippen LogP contribution in [0.1, 0.15) is 25.7 Å². The molecular formula is C14H18ClNO2. The molecule has 0 heterocycles. The molecule has 0 aliphatic heterocycles. The number of nitrogens with one attached hydrogen (secondary N) is 1. The fourth-order valence-corrected chi connectivity index (χ4v) is 2.74. The van der Waals surface area contributed by atoms with Gasteiger partial charge in [0.25, 0.3) is 0 Å². The molecule has 98 valence electrons. The van der Waals surface area contributed by atoms with Crippen LogP contribution in [-0.2, 0) is 9.53 Å². The van der Waals surface area contributed by atoms with Crippen LogP contribution in [0.2, 0.25) is 5.02 Å². The van der Waals surface area contributed by atoms with Gasteiger partial charge in [-0.05, 0) is 37.0 Å². The van der Waals surface area contributed by atoms with E-state index < -0.39 is 0 Å². The first-order valence-corrected chi connectivity index (χ1v) is 6.68. The van der Waals surface area contributed by atoms with E-state index in [9.17, 15) is 4.79 Å². The molecule has 18 heavy (non-hydrogen) atoms. The molecule has 0 bridgehead atoms. The lowest BCUT2D eigenvalue weighted by atomic mass is 9.98. The number of methoxy groups -OCH3 is 1. The van der Waals surface area contributed by atoms with Crippen LogP contribution in [0.5, 0.6) is 0 Å². The Balaban J connectivity index is 2.11. The lowest BCUT2D eigenvalue weighted by molar-refractivity contribution is -0.142. The first kappa shape index (κ1) is 13.2. The van der Waals surface area contributed by atoms with Crippen molar-refractivity contribution in [3.63, 3.8) is 0 Å². The summed E-state index contributed by atoms with van der Waals surface area (Å²) in [6.07, 6.45) is 4.53. The molecule has 1 atom stereocenters. The Kier molecular flexibility index (Phi) is 4.48. The highest BCUT2D eigenvalue weighted by molar-refractivity contribution is 6.30. The minimum absolute atomic E-state index is 0.193. The number of halogens is 1. The summed E-state index contributed by atoms with van der Waals surface area (Å²) >= 11 is 5.95. The van der Waals surface area contributed by atoms with E-state index in [4.69, 9.17) is 16.3 Å². The van der Waals surface area contributed by atoms with Crippen LogP contribution in [0.3, 0.4) is 0 Å². The number of benzene rings is 1. The molecule has 0 saturated heterocycles. The standard InChI is InChI=1S/C14H18ClNO2/c1-18-14(17)13(10-5-2-3-6-10)16-12-8-4-7-11(15)9-12/h4,7-10,13,16H,2-3,5-6H2,1H3. The van der Waals surface area contributed by atoms with Crippen molar-refractivity contribution >= 4 is 23.3 Å². The number of carbonyl (C=O) groups is 1. The summed E-state index contributed by atoms with van der Waals surface area (Å²) in [5, 5.41) is 3.92. The highest BCUT2D eigenvalue weighted by Crippen LogP contribution is 2.30. The Morgan fingerprint density at radius 1 is 1.44 bits per heavy atom. The lowest BCUT2D eigenvalue weighted by Crippen LogP contribution is -2.36. The summed E-state index contributed by atoms with van der Waals surface area (Å²) in [4.78, 5) is 11.9. The predicted octanol–water partition coefficient (Wildman–Crippen LogP) is 3.48. The third-order valence-electron chi connectivity index (χ3n) is 3.47. The third kappa shape index (κ3) is 3.16. The van der Waals surface area contributed by atoms with E-state index in [0.717, 1.165) is 18.5 Å². The molecule has 0 radical (unpaired) electrons. The number of rotatable bonds is 4. The fraction of sp³-hybridized carbons (Fsp3) is 0.500. The number of hydrogen-bond donors (Lipinski definition) is 1. The first-order valence-electron chi connectivity index (χ1n) is 6.30. The van der Waals surface area contributed by atoms with Gasteiger partial charge in [0.2, 0.25) is 0 Å². The van der Waals surface area contributed by atoms with Crippen molar-refractivity contribution in [1.82, 2.24) is 0 Å². The molecule has 1 aromatic rings. The van der Waals surface area contributed by atoms with Crippen molar-refractivity contribution in [3.05, 3.63) is 29.3 Å². The second-order valence-corrected chi connectivity index (χ2v) is 5.14. The SMILES string of the molecule is COC(=O)C(Nc1cccc(Cl)c1)C1CCCC1. The van der Waals surface area contributed by atoms with Gasteiger partial charge in [0.15, 0.2) is 0 Å². The molecule has 1 unspecified atom stereocenters. The molecule has 0 spiro atoms. The van der Waals surface area contributed by atoms with E-state index in [0.29, 0.717) is 10.9 Å². The molecule has 3 nitrogen and oxygen atoms in total. The van der Waals surface area contributed by atoms with Gasteiger partial charge in [0, 0.05) is 10.7 Å². The third-order valence-corrected chi connectivity index (χ3v) is 3.71. The molecule has 0 aromatic heterocycles. The van der Waals surface area contributed by atoms with Gasteiger partial charge in [-0.15, -0.1) is 0 Å². The second kappa shape index (κ2) is 6.10. The highest BCUT2D eigenvalue weighted by atomic mass is 35.5. The molecule has 1 aliphatic rings. The first-order chi connectivity index (χ1) is 8.70. The zero-order valence-corrected chi connectivity index (χ0v) is 11.2. The van der Waals surface area contributed by atoms with Gasteiger partial charge in [-0.25, -0.2) is 4.79 Å². The zero-order valence-electron chi connectivity index (χ0n) is 10.5. The van der Waals surface area contributed by atoms with E-state index in [-0.39, 0.29) is 12.0 Å². The van der Waals surface area contributed by atoms with Crippen molar-refractivity contribution in [2.24, 2.45) is 5.92 Å². The van der Waals surface area contributed by atoms with Crippen LogP contribution in [-0.4, -0.2) is 19.1 Å². The fourth-order valence-electron chi connectivity index (χ4n) is 2.54. The summed E-state index contributed by atoms with van der Waals surface area (Å²) in [5.74, 6) is 0.165. The van der Waals surface area contributed by atoms with E-state index >= 15 is 0 Å². The van der Waals surface area contributed by atoms with Gasteiger partial charge in [0.05, 0.1) is 7.11 Å². The monoisotopic (exact) mass is 267 g/mol. The van der Waals surface area contributed by atoms with Gasteiger partial charge in [0.1, 0.15) is 6.04 Å². The van der Waals surface area contributed by atoms with E-state index in [1.165, 1.54) is 20.0 Å². The molecule has 1 saturated carbocycles. The van der Waals surface area contributed by atoms with E-state index in [1.807, 2.05) is 24.3 Å². The largest absolute Gasteiger partial charge is 0.467 e. The summed E-state index contributed by atoms with van der Waals surface area (Å²) < 4.78 is 4.89. The number of hydrogen-bond acceptors (Lipinski definition) is 3. The maximum Gasteiger partial charge on any atom is 0.328 e. The van der Waals surface area contributed by atoms with Crippen LogP contribution >= 0.6 is 11.6 Å². The van der Waals surface area contributed by atoms with Crippen molar-refractivity contribution in [2.45, 2.75) is 31.7 Å². The van der Waals surface area contributed by atoms with Crippen LogP contribution in [0, 0.1) is 5.92 Å². The molecule has 1 aromatic carbocycles. The Morgan fingerprint density at radius 3 is 2.78 bits per heavy atom. The quantitative estimate of drug-likeness (QED) is 0.849. The van der Waals surface area contributed by atoms with Crippen molar-refractivity contribution in [2.75, 3.05) is 12.4 Å². The average molecular weight is 268 g/mol. The van der Waals surface area contributed by atoms with Gasteiger partial charge in [-0.1, -0.05) is 30.5 Å². The van der Waals surface area contributed by atoms with Gasteiger partial charge in [-0.2, -0.15) is 0 Å². The van der Waals surface area contributed by atoms with Gasteiger partial charge >= 0.3 is 5.97 Å². The van der Waals surface area contributed by atoms with Crippen molar-refractivity contribution < 1.29 is 9.53 Å². The Hall–Kier alpha value is -1.22. The van der Waals surface area contributed by atoms with Crippen molar-refractivity contribution in [1.29, 1.82) is 0 Å². The van der Waals surface area contributed by atoms with E-state index in [1.54, 1.807) is 0 Å². The number of anilines is 1. The maximum atomic E-state index is 11.9. The molecule has 4 heteroatoms.